The fraction of sp³-hybridized carbons (Fsp3) is 1.00. The second-order valence-electron chi connectivity index (χ2n) is 4.76. The summed E-state index contributed by atoms with van der Waals surface area (Å²) in [6, 6.07) is 0. The minimum absolute atomic E-state index is 0.365. The van der Waals surface area contributed by atoms with Gasteiger partial charge in [0, 0.05) is 0 Å². The Morgan fingerprint density at radius 2 is 1.46 bits per heavy atom. The molecule has 1 heteroatoms. The molecule has 1 nitrogen and oxygen atoms in total. The summed E-state index contributed by atoms with van der Waals surface area (Å²) in [5.41, 5.74) is -0.449. The van der Waals surface area contributed by atoms with Crippen molar-refractivity contribution in [3.63, 3.8) is 0 Å². The van der Waals surface area contributed by atoms with Crippen molar-refractivity contribution in [2.75, 3.05) is 0 Å². The normalized spacial score (nSPS) is 12.9. The van der Waals surface area contributed by atoms with Crippen LogP contribution in [0.5, 0.6) is 0 Å². The molecule has 0 aromatic heterocycles. The summed E-state index contributed by atoms with van der Waals surface area (Å²) in [5.74, 6) is 0.730. The maximum absolute atomic E-state index is 10.4. The van der Waals surface area contributed by atoms with E-state index >= 15 is 0 Å². The molecule has 0 aliphatic rings. The monoisotopic (exact) mass is 186 g/mol. The molecule has 0 fully saturated rings. The second kappa shape index (κ2) is 5.64. The van der Waals surface area contributed by atoms with Gasteiger partial charge in [0.2, 0.25) is 0 Å². The first-order valence-corrected chi connectivity index (χ1v) is 5.67. The zero-order chi connectivity index (χ0) is 10.5. The van der Waals surface area contributed by atoms with Crippen molar-refractivity contribution in [2.45, 2.75) is 65.9 Å². The average Bonchev–Trinajstić information content (AvgIpc) is 2.03. The van der Waals surface area contributed by atoms with Gasteiger partial charge in [0.15, 0.2) is 0 Å². The molecule has 0 atom stereocenters. The van der Waals surface area contributed by atoms with Crippen LogP contribution in [0.1, 0.15) is 60.3 Å². The first-order chi connectivity index (χ1) is 5.95. The molecular formula is C12H26O. The molecule has 0 amide bonds. The fourth-order valence-corrected chi connectivity index (χ4v) is 1.90. The van der Waals surface area contributed by atoms with Crippen LogP contribution < -0.4 is 0 Å². The van der Waals surface area contributed by atoms with Gasteiger partial charge in [-0.25, -0.2) is 0 Å². The Morgan fingerprint density at radius 3 is 1.77 bits per heavy atom. The Kier molecular flexibility index (Phi) is 5.62. The number of aliphatic hydroxyl groups is 1. The van der Waals surface area contributed by atoms with Gasteiger partial charge in [0.1, 0.15) is 0 Å². The van der Waals surface area contributed by atoms with Crippen molar-refractivity contribution >= 4 is 0 Å². The van der Waals surface area contributed by atoms with Crippen molar-refractivity contribution in [1.82, 2.24) is 0 Å². The summed E-state index contributed by atoms with van der Waals surface area (Å²) in [6.45, 7) is 10.7. The Labute approximate surface area is 83.5 Å². The zero-order valence-corrected chi connectivity index (χ0v) is 9.93. The molecule has 0 spiro atoms. The molecular weight excluding hydrogens is 160 g/mol. The maximum atomic E-state index is 10.4. The van der Waals surface area contributed by atoms with Crippen LogP contribution in [-0.4, -0.2) is 10.7 Å². The summed E-state index contributed by atoms with van der Waals surface area (Å²) in [5, 5.41) is 10.4. The van der Waals surface area contributed by atoms with Crippen LogP contribution in [-0.2, 0) is 0 Å². The number of unbranched alkanes of at least 4 members (excludes halogenated alkanes) is 2. The van der Waals surface area contributed by atoms with E-state index in [1.54, 1.807) is 0 Å². The number of rotatable bonds is 6. The summed E-state index contributed by atoms with van der Waals surface area (Å²) < 4.78 is 0. The van der Waals surface area contributed by atoms with Crippen LogP contribution >= 0.6 is 0 Å². The van der Waals surface area contributed by atoms with Crippen molar-refractivity contribution in [3.05, 3.63) is 0 Å². The van der Waals surface area contributed by atoms with Gasteiger partial charge < -0.3 is 5.11 Å². The standard InChI is InChI=1S/C12H26O/c1-6-7-8-9-12(13,10(2)3)11(4)5/h10-11,13H,6-9H2,1-5H3. The van der Waals surface area contributed by atoms with Gasteiger partial charge in [-0.1, -0.05) is 53.9 Å². The lowest BCUT2D eigenvalue weighted by Crippen LogP contribution is -2.40. The Morgan fingerprint density at radius 1 is 1.00 bits per heavy atom. The smallest absolute Gasteiger partial charge is 0.0693 e. The third-order valence-electron chi connectivity index (χ3n) is 3.18. The van der Waals surface area contributed by atoms with Gasteiger partial charge in [0.05, 0.1) is 5.60 Å². The first kappa shape index (κ1) is 13.0. The van der Waals surface area contributed by atoms with Crippen LogP contribution in [0.15, 0.2) is 0 Å². The molecule has 0 aliphatic carbocycles. The van der Waals surface area contributed by atoms with Crippen LogP contribution in [0.25, 0.3) is 0 Å². The summed E-state index contributed by atoms with van der Waals surface area (Å²) in [6.07, 6.45) is 4.58. The maximum Gasteiger partial charge on any atom is 0.0693 e. The van der Waals surface area contributed by atoms with E-state index in [1.807, 2.05) is 0 Å². The Bertz CT molecular complexity index is 119. The average molecular weight is 186 g/mol. The van der Waals surface area contributed by atoms with Crippen LogP contribution in [0.4, 0.5) is 0 Å². The van der Waals surface area contributed by atoms with E-state index in [0.717, 1.165) is 12.8 Å². The zero-order valence-electron chi connectivity index (χ0n) is 9.93. The summed E-state index contributed by atoms with van der Waals surface area (Å²) in [7, 11) is 0. The molecule has 80 valence electrons. The van der Waals surface area contributed by atoms with Crippen molar-refractivity contribution in [1.29, 1.82) is 0 Å². The first-order valence-electron chi connectivity index (χ1n) is 5.67. The SMILES string of the molecule is CCCCCC(O)(C(C)C)C(C)C. The van der Waals surface area contributed by atoms with Crippen LogP contribution in [0.3, 0.4) is 0 Å². The lowest BCUT2D eigenvalue weighted by atomic mass is 9.77. The van der Waals surface area contributed by atoms with Gasteiger partial charge in [-0.3, -0.25) is 0 Å². The largest absolute Gasteiger partial charge is 0.389 e. The van der Waals surface area contributed by atoms with Crippen molar-refractivity contribution in [3.8, 4) is 0 Å². The molecule has 13 heavy (non-hydrogen) atoms. The quantitative estimate of drug-likeness (QED) is 0.628. The number of hydrogen-bond donors (Lipinski definition) is 1. The minimum Gasteiger partial charge on any atom is -0.389 e. The minimum atomic E-state index is -0.449. The van der Waals surface area contributed by atoms with Gasteiger partial charge in [0.25, 0.3) is 0 Å². The molecule has 0 saturated heterocycles. The van der Waals surface area contributed by atoms with Gasteiger partial charge in [-0.05, 0) is 18.3 Å². The number of hydrogen-bond acceptors (Lipinski definition) is 1. The second-order valence-corrected chi connectivity index (χ2v) is 4.76. The molecule has 0 saturated carbocycles. The predicted octanol–water partition coefficient (Wildman–Crippen LogP) is 3.61. The molecule has 0 rings (SSSR count). The van der Waals surface area contributed by atoms with Gasteiger partial charge >= 0.3 is 0 Å². The van der Waals surface area contributed by atoms with Crippen LogP contribution in [0, 0.1) is 11.8 Å². The van der Waals surface area contributed by atoms with Crippen molar-refractivity contribution in [2.24, 2.45) is 11.8 Å². The van der Waals surface area contributed by atoms with Gasteiger partial charge in [-0.15, -0.1) is 0 Å². The Balaban J connectivity index is 4.09. The summed E-state index contributed by atoms with van der Waals surface area (Å²) in [4.78, 5) is 0. The van der Waals surface area contributed by atoms with E-state index in [2.05, 4.69) is 34.6 Å². The fourth-order valence-electron chi connectivity index (χ4n) is 1.90. The molecule has 0 aromatic rings. The highest BCUT2D eigenvalue weighted by molar-refractivity contribution is 4.84. The third kappa shape index (κ3) is 3.68. The highest BCUT2D eigenvalue weighted by Crippen LogP contribution is 2.31. The van der Waals surface area contributed by atoms with Crippen molar-refractivity contribution < 1.29 is 5.11 Å². The lowest BCUT2D eigenvalue weighted by molar-refractivity contribution is -0.0554. The van der Waals surface area contributed by atoms with E-state index in [9.17, 15) is 5.11 Å². The Hall–Kier alpha value is -0.0400. The van der Waals surface area contributed by atoms with Gasteiger partial charge in [-0.2, -0.15) is 0 Å². The highest BCUT2D eigenvalue weighted by Gasteiger charge is 2.33. The third-order valence-corrected chi connectivity index (χ3v) is 3.18. The van der Waals surface area contributed by atoms with E-state index in [0.29, 0.717) is 11.8 Å². The molecule has 0 aromatic carbocycles. The molecule has 0 heterocycles. The molecule has 0 radical (unpaired) electrons. The summed E-state index contributed by atoms with van der Waals surface area (Å²) >= 11 is 0. The van der Waals surface area contributed by atoms with E-state index in [1.165, 1.54) is 12.8 Å². The van der Waals surface area contributed by atoms with E-state index < -0.39 is 5.60 Å². The lowest BCUT2D eigenvalue weighted by Gasteiger charge is -2.36. The molecule has 0 unspecified atom stereocenters. The van der Waals surface area contributed by atoms with E-state index in [-0.39, 0.29) is 0 Å². The molecule has 0 bridgehead atoms. The predicted molar refractivity (Wildman–Crippen MR) is 58.8 cm³/mol. The van der Waals surface area contributed by atoms with Crippen LogP contribution in [0.2, 0.25) is 0 Å². The molecule has 0 aliphatic heterocycles. The topological polar surface area (TPSA) is 20.2 Å². The van der Waals surface area contributed by atoms with E-state index in [4.69, 9.17) is 0 Å². The molecule has 1 N–H and O–H groups in total. The highest BCUT2D eigenvalue weighted by atomic mass is 16.3.